The van der Waals surface area contributed by atoms with Crippen molar-refractivity contribution < 1.29 is 9.59 Å². The zero-order valence-electron chi connectivity index (χ0n) is 15.4. The van der Waals surface area contributed by atoms with Crippen LogP contribution in [-0.4, -0.2) is 64.1 Å². The summed E-state index contributed by atoms with van der Waals surface area (Å²) in [5.41, 5.74) is 1.84. The number of rotatable bonds is 8. The lowest BCUT2D eigenvalue weighted by Crippen LogP contribution is -2.42. The van der Waals surface area contributed by atoms with Gasteiger partial charge >= 0.3 is 0 Å². The molecule has 1 heterocycles. The van der Waals surface area contributed by atoms with Gasteiger partial charge in [0, 0.05) is 20.1 Å². The highest BCUT2D eigenvalue weighted by Crippen LogP contribution is 2.19. The van der Waals surface area contributed by atoms with Gasteiger partial charge in [0.05, 0.1) is 23.3 Å². The molecule has 0 bridgehead atoms. The smallest absolute Gasteiger partial charge is 0.242 e. The Morgan fingerprint density at radius 3 is 2.48 bits per heavy atom. The Hall–Kier alpha value is -2.02. The minimum absolute atomic E-state index is 0.0272. The molecule has 1 aromatic carbocycles. The molecule has 7 heteroatoms. The number of thioether (sulfide) groups is 1. The van der Waals surface area contributed by atoms with E-state index in [1.54, 1.807) is 23.7 Å². The maximum Gasteiger partial charge on any atom is 0.242 e. The summed E-state index contributed by atoms with van der Waals surface area (Å²) < 4.78 is 1.95. The predicted octanol–water partition coefficient (Wildman–Crippen LogP) is 2.23. The summed E-state index contributed by atoms with van der Waals surface area (Å²) in [6, 6.07) is 7.81. The number of aromatic nitrogens is 2. The maximum atomic E-state index is 12.6. The zero-order chi connectivity index (χ0) is 18.4. The van der Waals surface area contributed by atoms with Crippen LogP contribution in [0.15, 0.2) is 24.3 Å². The molecule has 0 aliphatic rings. The summed E-state index contributed by atoms with van der Waals surface area (Å²) in [6.07, 6.45) is 2.01. The lowest BCUT2D eigenvalue weighted by Gasteiger charge is -2.23. The van der Waals surface area contributed by atoms with Crippen molar-refractivity contribution in [3.05, 3.63) is 30.1 Å². The molecule has 0 saturated carbocycles. The number of imidazole rings is 1. The van der Waals surface area contributed by atoms with Gasteiger partial charge in [0.1, 0.15) is 12.4 Å². The van der Waals surface area contributed by atoms with E-state index in [1.165, 1.54) is 4.90 Å². The monoisotopic (exact) mass is 362 g/mol. The summed E-state index contributed by atoms with van der Waals surface area (Å²) in [7, 11) is 1.68. The van der Waals surface area contributed by atoms with E-state index in [-0.39, 0.29) is 24.9 Å². The number of carbonyl (C=O) groups is 2. The second-order valence-corrected chi connectivity index (χ2v) is 6.72. The van der Waals surface area contributed by atoms with Crippen LogP contribution in [-0.2, 0) is 21.9 Å². The van der Waals surface area contributed by atoms with E-state index in [4.69, 9.17) is 0 Å². The molecule has 2 aromatic rings. The number of benzene rings is 1. The summed E-state index contributed by atoms with van der Waals surface area (Å²) in [5.74, 6) is 1.50. The van der Waals surface area contributed by atoms with Crippen LogP contribution in [0, 0.1) is 0 Å². The highest BCUT2D eigenvalue weighted by atomic mass is 32.2. The molecule has 0 radical (unpaired) electrons. The van der Waals surface area contributed by atoms with Gasteiger partial charge in [0.25, 0.3) is 0 Å². The summed E-state index contributed by atoms with van der Waals surface area (Å²) in [6.45, 7) is 5.48. The molecule has 0 saturated heterocycles. The first-order chi connectivity index (χ1) is 12.0. The SMILES string of the molecule is CCN(CC)C(=O)CN(C)C(=O)Cn1c(CSC)nc2ccccc21. The maximum absolute atomic E-state index is 12.6. The number of hydrogen-bond donors (Lipinski definition) is 0. The van der Waals surface area contributed by atoms with Gasteiger partial charge in [-0.1, -0.05) is 12.1 Å². The minimum Gasteiger partial charge on any atom is -0.342 e. The van der Waals surface area contributed by atoms with Crippen molar-refractivity contribution in [3.8, 4) is 0 Å². The van der Waals surface area contributed by atoms with Crippen LogP contribution < -0.4 is 0 Å². The molecule has 2 amide bonds. The minimum atomic E-state index is -0.0917. The van der Waals surface area contributed by atoms with Crippen molar-refractivity contribution in [1.82, 2.24) is 19.4 Å². The number of carbonyl (C=O) groups excluding carboxylic acids is 2. The standard InChI is InChI=1S/C18H26N4O2S/c1-5-21(6-2)18(24)11-20(3)17(23)12-22-15-10-8-7-9-14(15)19-16(22)13-25-4/h7-10H,5-6,11-13H2,1-4H3. The topological polar surface area (TPSA) is 58.4 Å². The van der Waals surface area contributed by atoms with Crippen molar-refractivity contribution in [1.29, 1.82) is 0 Å². The molecular formula is C18H26N4O2S. The van der Waals surface area contributed by atoms with Gasteiger partial charge in [-0.2, -0.15) is 11.8 Å². The number of fused-ring (bicyclic) bond motifs is 1. The molecule has 0 aliphatic carbocycles. The quantitative estimate of drug-likeness (QED) is 0.723. The Morgan fingerprint density at radius 2 is 1.84 bits per heavy atom. The molecule has 0 unspecified atom stereocenters. The van der Waals surface area contributed by atoms with Crippen molar-refractivity contribution in [3.63, 3.8) is 0 Å². The molecular weight excluding hydrogens is 336 g/mol. The average molecular weight is 362 g/mol. The van der Waals surface area contributed by atoms with Crippen LogP contribution in [0.3, 0.4) is 0 Å². The van der Waals surface area contributed by atoms with Crippen LogP contribution in [0.25, 0.3) is 11.0 Å². The van der Waals surface area contributed by atoms with E-state index in [9.17, 15) is 9.59 Å². The molecule has 25 heavy (non-hydrogen) atoms. The van der Waals surface area contributed by atoms with Crippen LogP contribution >= 0.6 is 11.8 Å². The van der Waals surface area contributed by atoms with Crippen molar-refractivity contribution in [2.75, 3.05) is 32.9 Å². The Kier molecular flexibility index (Phi) is 6.87. The lowest BCUT2D eigenvalue weighted by atomic mass is 10.3. The van der Waals surface area contributed by atoms with Crippen LogP contribution in [0.2, 0.25) is 0 Å². The number of nitrogens with zero attached hydrogens (tertiary/aromatic N) is 4. The van der Waals surface area contributed by atoms with E-state index in [0.29, 0.717) is 13.1 Å². The summed E-state index contributed by atoms with van der Waals surface area (Å²) >= 11 is 1.67. The second kappa shape index (κ2) is 8.89. The zero-order valence-corrected chi connectivity index (χ0v) is 16.2. The molecule has 0 fully saturated rings. The van der Waals surface area contributed by atoms with Crippen molar-refractivity contribution in [2.45, 2.75) is 26.1 Å². The Morgan fingerprint density at radius 1 is 1.16 bits per heavy atom. The van der Waals surface area contributed by atoms with Gasteiger partial charge in [-0.25, -0.2) is 4.98 Å². The van der Waals surface area contributed by atoms with Crippen LogP contribution in [0.4, 0.5) is 0 Å². The Labute approximate surface area is 153 Å². The van der Waals surface area contributed by atoms with E-state index < -0.39 is 0 Å². The number of para-hydroxylation sites is 2. The van der Waals surface area contributed by atoms with Crippen LogP contribution in [0.5, 0.6) is 0 Å². The Bertz CT molecular complexity index is 740. The number of likely N-dealkylation sites (N-methyl/N-ethyl adjacent to an activating group) is 2. The molecule has 0 aliphatic heterocycles. The molecule has 0 atom stereocenters. The van der Waals surface area contributed by atoms with Gasteiger partial charge in [0.15, 0.2) is 0 Å². The second-order valence-electron chi connectivity index (χ2n) is 5.85. The summed E-state index contributed by atoms with van der Waals surface area (Å²) in [4.78, 5) is 32.7. The fraction of sp³-hybridized carbons (Fsp3) is 0.500. The van der Waals surface area contributed by atoms with E-state index in [2.05, 4.69) is 4.98 Å². The fourth-order valence-electron chi connectivity index (χ4n) is 2.76. The predicted molar refractivity (Wildman–Crippen MR) is 103 cm³/mol. The van der Waals surface area contributed by atoms with Gasteiger partial charge in [-0.15, -0.1) is 0 Å². The number of hydrogen-bond acceptors (Lipinski definition) is 4. The van der Waals surface area contributed by atoms with E-state index in [1.807, 2.05) is 48.9 Å². The Balaban J connectivity index is 2.15. The largest absolute Gasteiger partial charge is 0.342 e. The normalized spacial score (nSPS) is 10.9. The number of amides is 2. The molecule has 6 nitrogen and oxygen atoms in total. The highest BCUT2D eigenvalue weighted by molar-refractivity contribution is 7.97. The van der Waals surface area contributed by atoms with Crippen LogP contribution in [0.1, 0.15) is 19.7 Å². The van der Waals surface area contributed by atoms with Gasteiger partial charge < -0.3 is 14.4 Å². The third kappa shape index (κ3) is 4.54. The van der Waals surface area contributed by atoms with Gasteiger partial charge in [-0.3, -0.25) is 9.59 Å². The highest BCUT2D eigenvalue weighted by Gasteiger charge is 2.19. The first kappa shape index (κ1) is 19.3. The lowest BCUT2D eigenvalue weighted by molar-refractivity contribution is -0.139. The molecule has 1 aromatic heterocycles. The van der Waals surface area contributed by atoms with Gasteiger partial charge in [-0.05, 0) is 32.2 Å². The average Bonchev–Trinajstić information content (AvgIpc) is 2.94. The first-order valence-electron chi connectivity index (χ1n) is 8.46. The van der Waals surface area contributed by atoms with Gasteiger partial charge in [0.2, 0.25) is 11.8 Å². The molecule has 2 rings (SSSR count). The van der Waals surface area contributed by atoms with E-state index >= 15 is 0 Å². The third-order valence-corrected chi connectivity index (χ3v) is 4.76. The molecule has 0 spiro atoms. The van der Waals surface area contributed by atoms with Crippen molar-refractivity contribution >= 4 is 34.6 Å². The van der Waals surface area contributed by atoms with E-state index in [0.717, 1.165) is 22.6 Å². The van der Waals surface area contributed by atoms with Crippen molar-refractivity contribution in [2.24, 2.45) is 0 Å². The summed E-state index contributed by atoms with van der Waals surface area (Å²) in [5, 5.41) is 0. The first-order valence-corrected chi connectivity index (χ1v) is 9.86. The third-order valence-electron chi connectivity index (χ3n) is 4.21. The fourth-order valence-corrected chi connectivity index (χ4v) is 3.24. The molecule has 136 valence electrons. The molecule has 0 N–H and O–H groups in total.